The lowest BCUT2D eigenvalue weighted by molar-refractivity contribution is 0.0407. The van der Waals surface area contributed by atoms with E-state index in [1.165, 1.54) is 25.7 Å². The largest absolute Gasteiger partial charge is 0.377 e. The molecule has 0 aromatic rings. The molecule has 1 rings (SSSR count). The van der Waals surface area contributed by atoms with Crippen LogP contribution < -0.4 is 11.3 Å². The van der Waals surface area contributed by atoms with E-state index in [1.54, 1.807) is 0 Å². The molecule has 3 heteroatoms. The third kappa shape index (κ3) is 4.49. The van der Waals surface area contributed by atoms with E-state index in [0.717, 1.165) is 12.5 Å². The predicted molar refractivity (Wildman–Crippen MR) is 63.3 cm³/mol. The highest BCUT2D eigenvalue weighted by Gasteiger charge is 2.25. The van der Waals surface area contributed by atoms with E-state index in [9.17, 15) is 0 Å². The molecule has 3 nitrogen and oxygen atoms in total. The van der Waals surface area contributed by atoms with Crippen molar-refractivity contribution in [2.45, 2.75) is 58.6 Å². The summed E-state index contributed by atoms with van der Waals surface area (Å²) in [5, 5.41) is 0. The van der Waals surface area contributed by atoms with Crippen LogP contribution in [0.3, 0.4) is 0 Å². The van der Waals surface area contributed by atoms with Gasteiger partial charge in [0.05, 0.1) is 12.7 Å². The molecular weight excluding hydrogens is 188 g/mol. The lowest BCUT2D eigenvalue weighted by Crippen LogP contribution is -2.45. The van der Waals surface area contributed by atoms with Crippen molar-refractivity contribution in [1.82, 2.24) is 5.43 Å². The van der Waals surface area contributed by atoms with Gasteiger partial charge < -0.3 is 4.74 Å². The maximum Gasteiger partial charge on any atom is 0.0639 e. The molecule has 1 aliphatic carbocycles. The quantitative estimate of drug-likeness (QED) is 0.544. The summed E-state index contributed by atoms with van der Waals surface area (Å²) < 4.78 is 5.63. The Morgan fingerprint density at radius 3 is 2.33 bits per heavy atom. The molecular formula is C12H26N2O. The smallest absolute Gasteiger partial charge is 0.0639 e. The van der Waals surface area contributed by atoms with Gasteiger partial charge in [0.2, 0.25) is 0 Å². The monoisotopic (exact) mass is 214 g/mol. The SMILES string of the molecule is CC1CCC(C(COC(C)C)NN)CC1. The van der Waals surface area contributed by atoms with Gasteiger partial charge in [-0.05, 0) is 38.5 Å². The minimum Gasteiger partial charge on any atom is -0.377 e. The van der Waals surface area contributed by atoms with E-state index in [-0.39, 0.29) is 0 Å². The summed E-state index contributed by atoms with van der Waals surface area (Å²) in [6.45, 7) is 7.21. The normalized spacial score (nSPS) is 29.4. The van der Waals surface area contributed by atoms with E-state index in [0.29, 0.717) is 18.1 Å². The van der Waals surface area contributed by atoms with E-state index >= 15 is 0 Å². The average molecular weight is 214 g/mol. The molecule has 1 unspecified atom stereocenters. The third-order valence-corrected chi connectivity index (χ3v) is 3.45. The summed E-state index contributed by atoms with van der Waals surface area (Å²) in [6.07, 6.45) is 5.55. The average Bonchev–Trinajstić information content (AvgIpc) is 2.21. The van der Waals surface area contributed by atoms with Crippen molar-refractivity contribution in [2.24, 2.45) is 17.7 Å². The van der Waals surface area contributed by atoms with Gasteiger partial charge in [0.25, 0.3) is 0 Å². The second kappa shape index (κ2) is 6.46. The second-order valence-electron chi connectivity index (χ2n) is 5.18. The standard InChI is InChI=1S/C12H26N2O/c1-9(2)15-8-12(14-13)11-6-4-10(3)5-7-11/h9-12,14H,4-8,13H2,1-3H3. The number of hydrogen-bond acceptors (Lipinski definition) is 3. The van der Waals surface area contributed by atoms with Gasteiger partial charge in [-0.25, -0.2) is 0 Å². The van der Waals surface area contributed by atoms with Gasteiger partial charge in [0.15, 0.2) is 0 Å². The summed E-state index contributed by atoms with van der Waals surface area (Å²) in [4.78, 5) is 0. The molecule has 1 saturated carbocycles. The molecule has 0 spiro atoms. The Morgan fingerprint density at radius 1 is 1.27 bits per heavy atom. The number of nitrogens with two attached hydrogens (primary N) is 1. The van der Waals surface area contributed by atoms with Crippen LogP contribution in [0, 0.1) is 11.8 Å². The molecule has 90 valence electrons. The van der Waals surface area contributed by atoms with E-state index in [2.05, 4.69) is 26.2 Å². The van der Waals surface area contributed by atoms with Crippen LogP contribution in [0.15, 0.2) is 0 Å². The Bertz CT molecular complexity index is 165. The van der Waals surface area contributed by atoms with Crippen LogP contribution in [0.2, 0.25) is 0 Å². The van der Waals surface area contributed by atoms with Gasteiger partial charge in [0, 0.05) is 6.04 Å². The number of nitrogens with one attached hydrogen (secondary N) is 1. The molecule has 0 aromatic heterocycles. The minimum absolute atomic E-state index is 0.295. The van der Waals surface area contributed by atoms with Crippen molar-refractivity contribution in [3.8, 4) is 0 Å². The summed E-state index contributed by atoms with van der Waals surface area (Å²) in [7, 11) is 0. The first kappa shape index (κ1) is 12.9. The van der Waals surface area contributed by atoms with Crippen molar-refractivity contribution in [2.75, 3.05) is 6.61 Å². The fraction of sp³-hybridized carbons (Fsp3) is 1.00. The van der Waals surface area contributed by atoms with Crippen LogP contribution in [0.1, 0.15) is 46.5 Å². The highest BCUT2D eigenvalue weighted by Crippen LogP contribution is 2.30. The highest BCUT2D eigenvalue weighted by atomic mass is 16.5. The Labute approximate surface area is 93.7 Å². The lowest BCUT2D eigenvalue weighted by atomic mass is 9.79. The maximum absolute atomic E-state index is 5.63. The van der Waals surface area contributed by atoms with Crippen molar-refractivity contribution in [1.29, 1.82) is 0 Å². The fourth-order valence-electron chi connectivity index (χ4n) is 2.30. The van der Waals surface area contributed by atoms with Crippen LogP contribution in [-0.4, -0.2) is 18.8 Å². The van der Waals surface area contributed by atoms with Crippen molar-refractivity contribution < 1.29 is 4.74 Å². The summed E-state index contributed by atoms with van der Waals surface area (Å²) in [5.74, 6) is 7.19. The van der Waals surface area contributed by atoms with Gasteiger partial charge >= 0.3 is 0 Å². The number of hydrazine groups is 1. The molecule has 0 bridgehead atoms. The second-order valence-corrected chi connectivity index (χ2v) is 5.18. The molecule has 0 heterocycles. The number of ether oxygens (including phenoxy) is 1. The van der Waals surface area contributed by atoms with E-state index < -0.39 is 0 Å². The first-order chi connectivity index (χ1) is 7.13. The van der Waals surface area contributed by atoms with Crippen LogP contribution in [0.25, 0.3) is 0 Å². The molecule has 0 aliphatic heterocycles. The van der Waals surface area contributed by atoms with Gasteiger partial charge in [-0.3, -0.25) is 11.3 Å². The zero-order valence-electron chi connectivity index (χ0n) is 10.3. The Morgan fingerprint density at radius 2 is 1.87 bits per heavy atom. The Hall–Kier alpha value is -0.120. The first-order valence-corrected chi connectivity index (χ1v) is 6.21. The molecule has 3 N–H and O–H groups in total. The summed E-state index contributed by atoms with van der Waals surface area (Å²) in [5.41, 5.74) is 2.92. The van der Waals surface area contributed by atoms with Crippen molar-refractivity contribution in [3.05, 3.63) is 0 Å². The Kier molecular flexibility index (Phi) is 5.58. The van der Waals surface area contributed by atoms with Crippen LogP contribution in [0.4, 0.5) is 0 Å². The molecule has 0 amide bonds. The molecule has 0 radical (unpaired) electrons. The highest BCUT2D eigenvalue weighted by molar-refractivity contribution is 4.79. The van der Waals surface area contributed by atoms with E-state index in [1.807, 2.05) is 0 Å². The summed E-state index contributed by atoms with van der Waals surface area (Å²) in [6, 6.07) is 0.333. The van der Waals surface area contributed by atoms with Crippen LogP contribution in [0.5, 0.6) is 0 Å². The number of rotatable bonds is 5. The van der Waals surface area contributed by atoms with Crippen molar-refractivity contribution >= 4 is 0 Å². The number of hydrogen-bond donors (Lipinski definition) is 2. The maximum atomic E-state index is 5.63. The van der Waals surface area contributed by atoms with Gasteiger partial charge in [0.1, 0.15) is 0 Å². The summed E-state index contributed by atoms with van der Waals surface area (Å²) >= 11 is 0. The molecule has 1 atom stereocenters. The zero-order valence-corrected chi connectivity index (χ0v) is 10.3. The topological polar surface area (TPSA) is 47.3 Å². The molecule has 0 saturated heterocycles. The van der Waals surface area contributed by atoms with Gasteiger partial charge in [-0.1, -0.05) is 19.8 Å². The zero-order chi connectivity index (χ0) is 11.3. The predicted octanol–water partition coefficient (Wildman–Crippen LogP) is 2.07. The minimum atomic E-state index is 0.295. The van der Waals surface area contributed by atoms with Gasteiger partial charge in [-0.15, -0.1) is 0 Å². The first-order valence-electron chi connectivity index (χ1n) is 6.21. The fourth-order valence-corrected chi connectivity index (χ4v) is 2.30. The van der Waals surface area contributed by atoms with Crippen molar-refractivity contribution in [3.63, 3.8) is 0 Å². The molecule has 0 aromatic carbocycles. The van der Waals surface area contributed by atoms with Crippen LogP contribution >= 0.6 is 0 Å². The Balaban J connectivity index is 2.31. The van der Waals surface area contributed by atoms with Gasteiger partial charge in [-0.2, -0.15) is 0 Å². The van der Waals surface area contributed by atoms with E-state index in [4.69, 9.17) is 10.6 Å². The third-order valence-electron chi connectivity index (χ3n) is 3.45. The molecule has 1 fully saturated rings. The van der Waals surface area contributed by atoms with Crippen LogP contribution in [-0.2, 0) is 4.74 Å². The lowest BCUT2D eigenvalue weighted by Gasteiger charge is -2.32. The molecule has 15 heavy (non-hydrogen) atoms. The molecule has 1 aliphatic rings.